The van der Waals surface area contributed by atoms with E-state index in [2.05, 4.69) is 160 Å². The lowest BCUT2D eigenvalue weighted by molar-refractivity contribution is 0.399. The van der Waals surface area contributed by atoms with Crippen LogP contribution in [0.1, 0.15) is 127 Å². The quantitative estimate of drug-likeness (QED) is 0.0967. The number of rotatable bonds is 15. The standard InChI is InChI=1S/C52H57N/c1-5-7-9-11-20-32-52(33-21-12-10-8-6-2)48-27-19-18-26-43(48)44-30-28-42(37-50(44)52)53(40-24-14-13-15-25-40)41-29-31-47-46(36-41)45-34-38-22-16-17-23-39(38)35-49(45)51(47,3)4/h13-19,22-31,34-37H,5-12,20-21,32-33H2,1-4H3. The summed E-state index contributed by atoms with van der Waals surface area (Å²) in [4.78, 5) is 2.52. The van der Waals surface area contributed by atoms with E-state index >= 15 is 0 Å². The van der Waals surface area contributed by atoms with Gasteiger partial charge in [0.1, 0.15) is 0 Å². The summed E-state index contributed by atoms with van der Waals surface area (Å²) in [7, 11) is 0. The van der Waals surface area contributed by atoms with Gasteiger partial charge in [-0.2, -0.15) is 0 Å². The number of hydrogen-bond acceptors (Lipinski definition) is 1. The van der Waals surface area contributed by atoms with E-state index in [9.17, 15) is 0 Å². The molecule has 0 spiro atoms. The van der Waals surface area contributed by atoms with Crippen LogP contribution in [0, 0.1) is 0 Å². The highest BCUT2D eigenvalue weighted by molar-refractivity contribution is 5.95. The van der Waals surface area contributed by atoms with Crippen LogP contribution in [-0.2, 0) is 10.8 Å². The maximum Gasteiger partial charge on any atom is 0.0468 e. The normalized spacial score (nSPS) is 14.5. The van der Waals surface area contributed by atoms with Crippen molar-refractivity contribution in [3.8, 4) is 22.3 Å². The Morgan fingerprint density at radius 2 is 0.962 bits per heavy atom. The molecule has 1 heteroatoms. The topological polar surface area (TPSA) is 3.24 Å². The van der Waals surface area contributed by atoms with E-state index in [1.54, 1.807) is 11.1 Å². The third-order valence-corrected chi connectivity index (χ3v) is 12.7. The zero-order chi connectivity index (χ0) is 36.4. The molecule has 2 aliphatic rings. The molecule has 53 heavy (non-hydrogen) atoms. The fourth-order valence-corrected chi connectivity index (χ4v) is 9.90. The van der Waals surface area contributed by atoms with Gasteiger partial charge in [-0.25, -0.2) is 0 Å². The SMILES string of the molecule is CCCCCCCC1(CCCCCCC)c2ccccc2-c2ccc(N(c3ccccc3)c3ccc4c(c3)-c3cc5ccccc5cc3C4(C)C)cc21. The second-order valence-electron chi connectivity index (χ2n) is 16.5. The highest BCUT2D eigenvalue weighted by Crippen LogP contribution is 2.56. The number of hydrogen-bond donors (Lipinski definition) is 0. The third kappa shape index (κ3) is 6.41. The molecule has 0 unspecified atom stereocenters. The van der Waals surface area contributed by atoms with Crippen molar-refractivity contribution in [1.82, 2.24) is 0 Å². The van der Waals surface area contributed by atoms with Gasteiger partial charge in [0.05, 0.1) is 0 Å². The molecule has 0 N–H and O–H groups in total. The molecule has 0 atom stereocenters. The minimum absolute atomic E-state index is 0.0463. The number of anilines is 3. The van der Waals surface area contributed by atoms with Gasteiger partial charge in [0.2, 0.25) is 0 Å². The number of nitrogens with zero attached hydrogens (tertiary/aromatic N) is 1. The zero-order valence-electron chi connectivity index (χ0n) is 32.6. The van der Waals surface area contributed by atoms with Crippen molar-refractivity contribution in [1.29, 1.82) is 0 Å². The molecule has 6 aromatic rings. The van der Waals surface area contributed by atoms with E-state index in [4.69, 9.17) is 0 Å². The maximum absolute atomic E-state index is 2.60. The molecule has 6 aromatic carbocycles. The summed E-state index contributed by atoms with van der Waals surface area (Å²) in [6, 6.07) is 48.8. The average Bonchev–Trinajstić information content (AvgIpc) is 3.58. The summed E-state index contributed by atoms with van der Waals surface area (Å²) >= 11 is 0. The lowest BCUT2D eigenvalue weighted by Crippen LogP contribution is -2.26. The second-order valence-corrected chi connectivity index (χ2v) is 16.5. The van der Waals surface area contributed by atoms with E-state index in [-0.39, 0.29) is 10.8 Å². The molecule has 0 aliphatic heterocycles. The van der Waals surface area contributed by atoms with Crippen molar-refractivity contribution in [2.45, 2.75) is 116 Å². The maximum atomic E-state index is 2.60. The van der Waals surface area contributed by atoms with Crippen LogP contribution in [0.2, 0.25) is 0 Å². The largest absolute Gasteiger partial charge is 0.310 e. The van der Waals surface area contributed by atoms with Crippen LogP contribution in [0.4, 0.5) is 17.1 Å². The Bertz CT molecular complexity index is 2190. The lowest BCUT2D eigenvalue weighted by Gasteiger charge is -2.34. The first-order valence-corrected chi connectivity index (χ1v) is 20.7. The molecule has 0 fully saturated rings. The third-order valence-electron chi connectivity index (χ3n) is 12.7. The van der Waals surface area contributed by atoms with Gasteiger partial charge in [-0.15, -0.1) is 0 Å². The van der Waals surface area contributed by atoms with E-state index in [0.29, 0.717) is 0 Å². The molecule has 0 bridgehead atoms. The van der Waals surface area contributed by atoms with Crippen LogP contribution in [0.5, 0.6) is 0 Å². The summed E-state index contributed by atoms with van der Waals surface area (Å²) in [5.41, 5.74) is 15.2. The molecular formula is C52H57N. The van der Waals surface area contributed by atoms with Crippen molar-refractivity contribution < 1.29 is 0 Å². The Labute approximate surface area is 319 Å². The van der Waals surface area contributed by atoms with Gasteiger partial charge in [-0.1, -0.05) is 171 Å². The molecular weight excluding hydrogens is 639 g/mol. The molecule has 0 amide bonds. The Morgan fingerprint density at radius 3 is 1.68 bits per heavy atom. The van der Waals surface area contributed by atoms with Crippen molar-refractivity contribution in [2.75, 3.05) is 4.90 Å². The molecule has 0 saturated carbocycles. The summed E-state index contributed by atoms with van der Waals surface area (Å²) in [5.74, 6) is 0. The Hall–Kier alpha value is -4.62. The predicted octanol–water partition coefficient (Wildman–Crippen LogP) is 15.6. The van der Waals surface area contributed by atoms with Crippen LogP contribution in [0.3, 0.4) is 0 Å². The molecule has 0 radical (unpaired) electrons. The fraction of sp³-hybridized carbons (Fsp3) is 0.346. The van der Waals surface area contributed by atoms with E-state index in [0.717, 1.165) is 0 Å². The van der Waals surface area contributed by atoms with Crippen LogP contribution < -0.4 is 4.90 Å². The van der Waals surface area contributed by atoms with Crippen molar-refractivity contribution in [2.24, 2.45) is 0 Å². The van der Waals surface area contributed by atoms with Gasteiger partial charge in [0, 0.05) is 27.9 Å². The first-order valence-electron chi connectivity index (χ1n) is 20.7. The molecule has 1 nitrogen and oxygen atoms in total. The molecule has 2 aliphatic carbocycles. The lowest BCUT2D eigenvalue weighted by atomic mass is 9.70. The van der Waals surface area contributed by atoms with E-state index < -0.39 is 0 Å². The van der Waals surface area contributed by atoms with E-state index in [1.165, 1.54) is 138 Å². The number of benzene rings is 6. The van der Waals surface area contributed by atoms with Gasteiger partial charge in [-0.3, -0.25) is 0 Å². The Kier molecular flexibility index (Phi) is 10.0. The van der Waals surface area contributed by atoms with Gasteiger partial charge in [0.25, 0.3) is 0 Å². The summed E-state index contributed by atoms with van der Waals surface area (Å²) in [5, 5.41) is 2.62. The summed E-state index contributed by atoms with van der Waals surface area (Å²) < 4.78 is 0. The van der Waals surface area contributed by atoms with Crippen LogP contribution >= 0.6 is 0 Å². The highest BCUT2D eigenvalue weighted by Gasteiger charge is 2.43. The number of unbranched alkanes of at least 4 members (excludes halogenated alkanes) is 8. The van der Waals surface area contributed by atoms with E-state index in [1.807, 2.05) is 0 Å². The first kappa shape index (κ1) is 35.4. The zero-order valence-corrected chi connectivity index (χ0v) is 32.6. The first-order chi connectivity index (χ1) is 26.0. The van der Waals surface area contributed by atoms with Gasteiger partial charge < -0.3 is 4.90 Å². The number of para-hydroxylation sites is 1. The van der Waals surface area contributed by atoms with Crippen LogP contribution in [-0.4, -0.2) is 0 Å². The molecule has 0 saturated heterocycles. The number of fused-ring (bicyclic) bond motifs is 7. The van der Waals surface area contributed by atoms with Crippen molar-refractivity contribution >= 4 is 27.8 Å². The Morgan fingerprint density at radius 1 is 0.396 bits per heavy atom. The summed E-state index contributed by atoms with van der Waals surface area (Å²) in [6.45, 7) is 9.43. The van der Waals surface area contributed by atoms with Crippen LogP contribution in [0.15, 0.2) is 127 Å². The molecule has 0 heterocycles. The average molecular weight is 696 g/mol. The monoisotopic (exact) mass is 695 g/mol. The van der Waals surface area contributed by atoms with Gasteiger partial charge >= 0.3 is 0 Å². The van der Waals surface area contributed by atoms with Gasteiger partial charge in [-0.05, 0) is 117 Å². The summed E-state index contributed by atoms with van der Waals surface area (Å²) in [6.07, 6.45) is 15.6. The predicted molar refractivity (Wildman–Crippen MR) is 229 cm³/mol. The molecule has 270 valence electrons. The second kappa shape index (κ2) is 15.0. The van der Waals surface area contributed by atoms with Crippen LogP contribution in [0.25, 0.3) is 33.0 Å². The minimum Gasteiger partial charge on any atom is -0.310 e. The smallest absolute Gasteiger partial charge is 0.0468 e. The van der Waals surface area contributed by atoms with Crippen molar-refractivity contribution in [3.63, 3.8) is 0 Å². The van der Waals surface area contributed by atoms with Gasteiger partial charge in [0.15, 0.2) is 0 Å². The Balaban J connectivity index is 1.25. The molecule has 8 rings (SSSR count). The minimum atomic E-state index is -0.0575. The van der Waals surface area contributed by atoms with Crippen molar-refractivity contribution in [3.05, 3.63) is 150 Å². The molecule has 0 aromatic heterocycles. The fourth-order valence-electron chi connectivity index (χ4n) is 9.90. The highest BCUT2D eigenvalue weighted by atomic mass is 15.1.